The van der Waals surface area contributed by atoms with Crippen molar-refractivity contribution in [1.82, 2.24) is 20.4 Å². The Labute approximate surface area is 690 Å². The van der Waals surface area contributed by atoms with E-state index < -0.39 is 0 Å². The van der Waals surface area contributed by atoms with Crippen molar-refractivity contribution in [2.75, 3.05) is 39.6 Å². The summed E-state index contributed by atoms with van der Waals surface area (Å²) < 4.78 is 54.1. The van der Waals surface area contributed by atoms with Gasteiger partial charge in [0.2, 0.25) is 23.3 Å². The molecule has 646 valence electrons. The molecular weight excluding hydrogens is 1390 g/mol. The average Bonchev–Trinajstić information content (AvgIpc) is 1.33. The Morgan fingerprint density at radius 1 is 0.170 bits per heavy atom. The first-order valence-electron chi connectivity index (χ1n) is 49.4. The summed E-state index contributed by atoms with van der Waals surface area (Å²) >= 11 is 0. The van der Waals surface area contributed by atoms with Gasteiger partial charge in [0, 0.05) is 11.1 Å². The highest BCUT2D eigenvalue weighted by Gasteiger charge is 2.25. The Morgan fingerprint density at radius 2 is 0.304 bits per heavy atom. The van der Waals surface area contributed by atoms with Crippen molar-refractivity contribution >= 4 is 0 Å². The van der Waals surface area contributed by atoms with Crippen LogP contribution in [0.4, 0.5) is 0 Å². The predicted octanol–water partition coefficient (Wildman–Crippen LogP) is 33.9. The third-order valence-electron chi connectivity index (χ3n) is 23.1. The molecule has 0 aliphatic heterocycles. The maximum atomic E-state index is 6.83. The molecule has 0 N–H and O–H groups in total. The minimum Gasteiger partial charge on any atom is -0.490 e. The van der Waals surface area contributed by atoms with Crippen LogP contribution in [0.25, 0.3) is 34.7 Å². The summed E-state index contributed by atoms with van der Waals surface area (Å²) in [5.74, 6) is 4.83. The van der Waals surface area contributed by atoms with Crippen molar-refractivity contribution in [3.63, 3.8) is 0 Å². The van der Waals surface area contributed by atoms with Crippen molar-refractivity contribution in [3.8, 4) is 69.2 Å². The van der Waals surface area contributed by atoms with Gasteiger partial charge in [-0.1, -0.05) is 465 Å². The number of hydrogen-bond acceptors (Lipinski definition) is 12. The van der Waals surface area contributed by atoms with Gasteiger partial charge in [-0.15, -0.1) is 20.4 Å². The highest BCUT2D eigenvalue weighted by atomic mass is 16.5. The Morgan fingerprint density at radius 3 is 0.464 bits per heavy atom. The smallest absolute Gasteiger partial charge is 0.306 e. The molecule has 0 radical (unpaired) electrons. The van der Waals surface area contributed by atoms with Crippen molar-refractivity contribution in [2.45, 2.75) is 504 Å². The summed E-state index contributed by atoms with van der Waals surface area (Å²) in [5.41, 5.74) is 1.38. The zero-order valence-corrected chi connectivity index (χ0v) is 74.5. The molecule has 0 saturated carbocycles. The van der Waals surface area contributed by atoms with Crippen LogP contribution in [0.2, 0.25) is 0 Å². The van der Waals surface area contributed by atoms with Crippen molar-refractivity contribution in [2.24, 2.45) is 0 Å². The van der Waals surface area contributed by atoms with Crippen LogP contribution in [-0.2, 0) is 0 Å². The maximum absolute atomic E-state index is 6.83. The van der Waals surface area contributed by atoms with Crippen LogP contribution < -0.4 is 28.4 Å². The first-order valence-corrected chi connectivity index (χ1v) is 49.4. The Balaban J connectivity index is 1.61. The molecule has 4 rings (SSSR count). The summed E-state index contributed by atoms with van der Waals surface area (Å²) in [6.45, 7) is 17.3. The second kappa shape index (κ2) is 75.3. The molecule has 0 fully saturated rings. The van der Waals surface area contributed by atoms with E-state index in [1.165, 1.54) is 385 Å². The summed E-state index contributed by atoms with van der Waals surface area (Å²) in [6, 6.07) is 8.02. The number of aromatic nitrogens is 4. The van der Waals surface area contributed by atoms with Gasteiger partial charge in [0.15, 0.2) is 23.0 Å². The van der Waals surface area contributed by atoms with Crippen LogP contribution in [0.15, 0.2) is 33.1 Å². The van der Waals surface area contributed by atoms with Gasteiger partial charge < -0.3 is 37.3 Å². The van der Waals surface area contributed by atoms with Crippen molar-refractivity contribution in [3.05, 3.63) is 24.3 Å². The monoisotopic (exact) mass is 1560 g/mol. The summed E-state index contributed by atoms with van der Waals surface area (Å²) in [7, 11) is 0. The van der Waals surface area contributed by atoms with E-state index in [1.54, 1.807) is 0 Å². The fraction of sp³-hybridized carbons (Fsp3) is 0.840. The third-order valence-corrected chi connectivity index (χ3v) is 23.1. The Kier molecular flexibility index (Phi) is 67.1. The minimum atomic E-state index is 0.133. The zero-order valence-electron chi connectivity index (χ0n) is 74.5. The molecule has 2 aromatic heterocycles. The van der Waals surface area contributed by atoms with E-state index in [1.807, 2.05) is 24.3 Å². The highest BCUT2D eigenvalue weighted by molar-refractivity contribution is 5.68. The Hall–Kier alpha value is -4.48. The molecule has 0 atom stereocenters. The van der Waals surface area contributed by atoms with Gasteiger partial charge in [-0.3, -0.25) is 0 Å². The van der Waals surface area contributed by atoms with E-state index in [9.17, 15) is 0 Å². The number of nitrogens with zero attached hydrogens (tertiary/aromatic N) is 4. The van der Waals surface area contributed by atoms with Gasteiger partial charge in [-0.2, -0.15) is 0 Å². The van der Waals surface area contributed by atoms with Crippen LogP contribution >= 0.6 is 0 Å². The van der Waals surface area contributed by atoms with E-state index in [-0.39, 0.29) is 11.8 Å². The van der Waals surface area contributed by atoms with Crippen molar-refractivity contribution in [1.29, 1.82) is 0 Å². The first kappa shape index (κ1) is 99.9. The molecule has 112 heavy (non-hydrogen) atoms. The van der Waals surface area contributed by atoms with E-state index >= 15 is 0 Å². The minimum absolute atomic E-state index is 0.133. The lowest BCUT2D eigenvalue weighted by Gasteiger charge is -2.18. The largest absolute Gasteiger partial charge is 0.490 e. The lowest BCUT2D eigenvalue weighted by Crippen LogP contribution is -2.07. The van der Waals surface area contributed by atoms with Gasteiger partial charge in [0.1, 0.15) is 0 Å². The van der Waals surface area contributed by atoms with E-state index in [0.29, 0.717) is 97.0 Å². The van der Waals surface area contributed by atoms with Gasteiger partial charge in [0.05, 0.1) is 39.6 Å². The summed E-state index contributed by atoms with van der Waals surface area (Å²) in [5, 5.41) is 18.5. The first-order chi connectivity index (χ1) is 55.6. The maximum Gasteiger partial charge on any atom is 0.306 e. The molecule has 0 aliphatic carbocycles. The number of rotatable bonds is 87. The summed E-state index contributed by atoms with van der Waals surface area (Å²) in [4.78, 5) is 0. The molecule has 0 bridgehead atoms. The normalized spacial score (nSPS) is 11.6. The van der Waals surface area contributed by atoms with Crippen LogP contribution in [0.3, 0.4) is 0 Å². The molecule has 2 heterocycles. The third kappa shape index (κ3) is 53.0. The quantitative estimate of drug-likeness (QED) is 0.0390. The topological polar surface area (TPSA) is 133 Å². The van der Waals surface area contributed by atoms with Gasteiger partial charge in [-0.05, 0) is 62.8 Å². The predicted molar refractivity (Wildman–Crippen MR) is 478 cm³/mol. The fourth-order valence-electron chi connectivity index (χ4n) is 15.7. The molecule has 0 amide bonds. The molecule has 0 spiro atoms. The van der Waals surface area contributed by atoms with Crippen LogP contribution in [0.5, 0.6) is 34.5 Å². The Bertz CT molecular complexity index is 2380. The molecule has 2 aromatic carbocycles. The molecule has 12 heteroatoms. The van der Waals surface area contributed by atoms with E-state index in [4.69, 9.17) is 37.3 Å². The van der Waals surface area contributed by atoms with Crippen LogP contribution in [0.1, 0.15) is 504 Å². The van der Waals surface area contributed by atoms with E-state index in [2.05, 4.69) is 61.9 Å². The SMILES string of the molecule is CCCCCCCCCCCCCCOc1cc(-c2nnc(-c3nnc(-c4cc(OCCCCCCCCCCCCCC)c(OCCCCCCCCCCCCCC)c(OCCCCCCCCCCCCCC)c4)o3)o2)cc(OCCCCCCCCCCCCCC)c1OCCCCCCCCCCCCCC. The van der Waals surface area contributed by atoms with Crippen LogP contribution in [0, 0.1) is 0 Å². The number of benzene rings is 2. The standard InChI is InChI=1S/C100H178N4O8/c1-7-13-19-25-31-37-43-49-55-61-67-73-79-105-91-85-89(86-92(106-80-74-68-62-56-50-44-38-32-26-20-14-8-2)95(91)109-83-77-71-65-59-53-47-41-35-29-23-17-11-5)97-101-103-99(111-97)100-104-102-98(112-100)90-87-93(107-81-75-69-63-57-51-45-39-33-27-21-15-9-3)96(110-84-78-72-66-60-54-48-42-36-30-24-18-12-6)94(88-90)108-82-76-70-64-58-52-46-40-34-28-22-16-10-4/h85-88H,7-84H2,1-6H3. The van der Waals surface area contributed by atoms with Crippen LogP contribution in [-0.4, -0.2) is 60.0 Å². The molecule has 0 saturated heterocycles. The number of ether oxygens (including phenoxy) is 6. The van der Waals surface area contributed by atoms with Gasteiger partial charge in [0.25, 0.3) is 0 Å². The van der Waals surface area contributed by atoms with E-state index in [0.717, 1.165) is 77.0 Å². The average molecular weight is 1560 g/mol. The number of hydrogen-bond donors (Lipinski definition) is 0. The zero-order chi connectivity index (χ0) is 79.4. The molecule has 0 aliphatic rings. The number of unbranched alkanes of at least 4 members (excludes halogenated alkanes) is 66. The van der Waals surface area contributed by atoms with Gasteiger partial charge >= 0.3 is 11.8 Å². The lowest BCUT2D eigenvalue weighted by molar-refractivity contribution is 0.234. The fourth-order valence-corrected chi connectivity index (χ4v) is 15.7. The molecular formula is C100H178N4O8. The van der Waals surface area contributed by atoms with Crippen molar-refractivity contribution < 1.29 is 37.3 Å². The second-order valence-electron chi connectivity index (χ2n) is 33.9. The molecule has 12 nitrogen and oxygen atoms in total. The molecule has 4 aromatic rings. The lowest BCUT2D eigenvalue weighted by atomic mass is 10.1. The summed E-state index contributed by atoms with van der Waals surface area (Å²) in [6.07, 6.45) is 92.8. The second-order valence-corrected chi connectivity index (χ2v) is 33.9. The molecule has 0 unspecified atom stereocenters. The van der Waals surface area contributed by atoms with Gasteiger partial charge in [-0.25, -0.2) is 0 Å². The highest BCUT2D eigenvalue weighted by Crippen LogP contribution is 2.45.